The minimum absolute atomic E-state index is 0.0601. The van der Waals surface area contributed by atoms with Crippen LogP contribution in [0.1, 0.15) is 17.0 Å². The van der Waals surface area contributed by atoms with Crippen molar-refractivity contribution in [1.29, 1.82) is 0 Å². The lowest BCUT2D eigenvalue weighted by molar-refractivity contribution is -0.115. The number of anilines is 1. The van der Waals surface area contributed by atoms with E-state index < -0.39 is 0 Å². The van der Waals surface area contributed by atoms with Gasteiger partial charge in [0.25, 0.3) is 0 Å². The molecule has 3 aromatic rings. The van der Waals surface area contributed by atoms with E-state index in [1.165, 1.54) is 0 Å². The average molecular weight is 307 g/mol. The summed E-state index contributed by atoms with van der Waals surface area (Å²) in [6, 6.07) is 10.6. The minimum atomic E-state index is -0.140. The van der Waals surface area contributed by atoms with Crippen molar-refractivity contribution >= 4 is 22.5 Å². The highest BCUT2D eigenvalue weighted by Gasteiger charge is 2.07. The Morgan fingerprint density at radius 2 is 2.00 bits per heavy atom. The molecule has 0 spiro atoms. The van der Waals surface area contributed by atoms with Gasteiger partial charge in [-0.1, -0.05) is 6.07 Å². The monoisotopic (exact) mass is 307 g/mol. The molecule has 0 atom stereocenters. The minimum Gasteiger partial charge on any atom is -0.358 e. The third-order valence-electron chi connectivity index (χ3n) is 3.59. The predicted molar refractivity (Wildman–Crippen MR) is 90.6 cm³/mol. The number of pyridine rings is 2. The van der Waals surface area contributed by atoms with Crippen molar-refractivity contribution in [2.45, 2.75) is 20.3 Å². The fourth-order valence-corrected chi connectivity index (χ4v) is 2.45. The number of benzene rings is 1. The zero-order valence-corrected chi connectivity index (χ0v) is 13.0. The number of carbonyl (C=O) groups excluding carboxylic acids is 1. The Kier molecular flexibility index (Phi) is 3.93. The molecule has 116 valence electrons. The van der Waals surface area contributed by atoms with Crippen LogP contribution < -0.4 is 10.7 Å². The topological polar surface area (TPSA) is 74.8 Å². The summed E-state index contributed by atoms with van der Waals surface area (Å²) in [6.07, 6.45) is 1.94. The lowest BCUT2D eigenvalue weighted by Crippen LogP contribution is -2.15. The quantitative estimate of drug-likeness (QED) is 0.781. The van der Waals surface area contributed by atoms with Crippen molar-refractivity contribution in [3.8, 4) is 0 Å². The Balaban J connectivity index is 1.79. The molecule has 3 rings (SSSR count). The summed E-state index contributed by atoms with van der Waals surface area (Å²) in [7, 11) is 0. The van der Waals surface area contributed by atoms with E-state index in [1.54, 1.807) is 30.5 Å². The zero-order chi connectivity index (χ0) is 16.4. The van der Waals surface area contributed by atoms with Crippen LogP contribution >= 0.6 is 0 Å². The SMILES string of the molecule is Cc1ccc(CC(=O)Nc2ccc3[nH]c(C)cc(=O)c3c2)cn1. The molecule has 23 heavy (non-hydrogen) atoms. The van der Waals surface area contributed by atoms with E-state index in [0.717, 1.165) is 22.5 Å². The molecular formula is C18H17N3O2. The number of hydrogen-bond donors (Lipinski definition) is 2. The van der Waals surface area contributed by atoms with Gasteiger partial charge < -0.3 is 10.3 Å². The number of aromatic nitrogens is 2. The molecule has 0 bridgehead atoms. The van der Waals surface area contributed by atoms with Gasteiger partial charge in [-0.05, 0) is 43.7 Å². The van der Waals surface area contributed by atoms with E-state index in [2.05, 4.69) is 15.3 Å². The maximum Gasteiger partial charge on any atom is 0.228 e. The first-order valence-electron chi connectivity index (χ1n) is 7.36. The van der Waals surface area contributed by atoms with Gasteiger partial charge in [0.05, 0.1) is 6.42 Å². The van der Waals surface area contributed by atoms with Gasteiger partial charge in [0, 0.05) is 40.2 Å². The summed E-state index contributed by atoms with van der Waals surface area (Å²) < 4.78 is 0. The average Bonchev–Trinajstić information content (AvgIpc) is 2.50. The standard InChI is InChI=1S/C18H17N3O2/c1-11-3-4-13(10-19-11)8-18(23)21-14-5-6-16-15(9-14)17(22)7-12(2)20-16/h3-7,9-10H,8H2,1-2H3,(H,20,22)(H,21,23). The number of fused-ring (bicyclic) bond motifs is 1. The number of hydrogen-bond acceptors (Lipinski definition) is 3. The van der Waals surface area contributed by atoms with Crippen LogP contribution in [-0.4, -0.2) is 15.9 Å². The van der Waals surface area contributed by atoms with Gasteiger partial charge in [-0.25, -0.2) is 0 Å². The first-order chi connectivity index (χ1) is 11.0. The summed E-state index contributed by atoms with van der Waals surface area (Å²) in [6.45, 7) is 3.74. The molecule has 0 radical (unpaired) electrons. The van der Waals surface area contributed by atoms with Crippen LogP contribution in [0, 0.1) is 13.8 Å². The van der Waals surface area contributed by atoms with Crippen LogP contribution in [0.4, 0.5) is 5.69 Å². The molecule has 1 amide bonds. The van der Waals surface area contributed by atoms with Crippen LogP contribution in [0.15, 0.2) is 47.4 Å². The summed E-state index contributed by atoms with van der Waals surface area (Å²) in [4.78, 5) is 31.4. The molecule has 0 aliphatic carbocycles. The first-order valence-corrected chi connectivity index (χ1v) is 7.36. The highest BCUT2D eigenvalue weighted by atomic mass is 16.1. The van der Waals surface area contributed by atoms with Crippen molar-refractivity contribution in [1.82, 2.24) is 9.97 Å². The number of carbonyl (C=O) groups is 1. The summed E-state index contributed by atoms with van der Waals surface area (Å²) in [5, 5.41) is 3.38. The first kappa shape index (κ1) is 15.0. The molecule has 0 aliphatic heterocycles. The van der Waals surface area contributed by atoms with Crippen molar-refractivity contribution in [2.24, 2.45) is 0 Å². The van der Waals surface area contributed by atoms with Crippen molar-refractivity contribution in [3.05, 3.63) is 69.8 Å². The molecule has 5 nitrogen and oxygen atoms in total. The maximum atomic E-state index is 12.1. The Hall–Kier alpha value is -2.95. The molecule has 2 heterocycles. The molecular weight excluding hydrogens is 290 g/mol. The molecule has 2 N–H and O–H groups in total. The number of aromatic amines is 1. The normalized spacial score (nSPS) is 10.7. The van der Waals surface area contributed by atoms with E-state index in [4.69, 9.17) is 0 Å². The van der Waals surface area contributed by atoms with Gasteiger partial charge >= 0.3 is 0 Å². The second-order valence-corrected chi connectivity index (χ2v) is 5.61. The Labute approximate surface area is 133 Å². The number of rotatable bonds is 3. The summed E-state index contributed by atoms with van der Waals surface area (Å²) >= 11 is 0. The predicted octanol–water partition coefficient (Wildman–Crippen LogP) is 2.72. The molecule has 0 saturated heterocycles. The smallest absolute Gasteiger partial charge is 0.228 e. The van der Waals surface area contributed by atoms with E-state index in [9.17, 15) is 9.59 Å². The Bertz CT molecular complexity index is 927. The third-order valence-corrected chi connectivity index (χ3v) is 3.59. The van der Waals surface area contributed by atoms with Gasteiger partial charge in [-0.15, -0.1) is 0 Å². The fourth-order valence-electron chi connectivity index (χ4n) is 2.45. The molecule has 0 aliphatic rings. The van der Waals surface area contributed by atoms with E-state index >= 15 is 0 Å². The maximum absolute atomic E-state index is 12.1. The van der Waals surface area contributed by atoms with Crippen LogP contribution in [0.5, 0.6) is 0 Å². The molecule has 0 saturated carbocycles. The second-order valence-electron chi connectivity index (χ2n) is 5.61. The van der Waals surface area contributed by atoms with Crippen LogP contribution in [0.3, 0.4) is 0 Å². The fraction of sp³-hybridized carbons (Fsp3) is 0.167. The van der Waals surface area contributed by atoms with Gasteiger partial charge in [-0.3, -0.25) is 14.6 Å². The van der Waals surface area contributed by atoms with E-state index in [1.807, 2.05) is 26.0 Å². The second kappa shape index (κ2) is 6.04. The van der Waals surface area contributed by atoms with Crippen LogP contribution in [-0.2, 0) is 11.2 Å². The van der Waals surface area contributed by atoms with Gasteiger partial charge in [0.15, 0.2) is 5.43 Å². The largest absolute Gasteiger partial charge is 0.358 e. The Morgan fingerprint density at radius 1 is 1.17 bits per heavy atom. The van der Waals surface area contributed by atoms with E-state index in [0.29, 0.717) is 11.1 Å². The summed E-state index contributed by atoms with van der Waals surface area (Å²) in [5.74, 6) is -0.140. The van der Waals surface area contributed by atoms with Gasteiger partial charge in [0.2, 0.25) is 5.91 Å². The van der Waals surface area contributed by atoms with Crippen molar-refractivity contribution in [2.75, 3.05) is 5.32 Å². The zero-order valence-electron chi connectivity index (χ0n) is 13.0. The summed E-state index contributed by atoms with van der Waals surface area (Å²) in [5.41, 5.74) is 3.88. The number of nitrogens with zero attached hydrogens (tertiary/aromatic N) is 1. The molecule has 1 aromatic carbocycles. The van der Waals surface area contributed by atoms with Gasteiger partial charge in [-0.2, -0.15) is 0 Å². The molecule has 0 fully saturated rings. The lowest BCUT2D eigenvalue weighted by Gasteiger charge is -2.07. The molecule has 0 unspecified atom stereocenters. The molecule has 5 heteroatoms. The van der Waals surface area contributed by atoms with Crippen molar-refractivity contribution in [3.63, 3.8) is 0 Å². The third kappa shape index (κ3) is 3.45. The highest BCUT2D eigenvalue weighted by Crippen LogP contribution is 2.15. The van der Waals surface area contributed by atoms with Crippen molar-refractivity contribution < 1.29 is 4.79 Å². The molecule has 2 aromatic heterocycles. The Morgan fingerprint density at radius 3 is 2.74 bits per heavy atom. The number of aryl methyl sites for hydroxylation is 2. The van der Waals surface area contributed by atoms with E-state index in [-0.39, 0.29) is 17.8 Å². The van der Waals surface area contributed by atoms with Crippen LogP contribution in [0.2, 0.25) is 0 Å². The number of H-pyrrole nitrogens is 1. The lowest BCUT2D eigenvalue weighted by atomic mass is 10.1. The highest BCUT2D eigenvalue weighted by molar-refractivity contribution is 5.94. The van der Waals surface area contributed by atoms with Gasteiger partial charge in [0.1, 0.15) is 0 Å². The number of amides is 1. The van der Waals surface area contributed by atoms with Crippen LogP contribution in [0.25, 0.3) is 10.9 Å². The number of nitrogens with one attached hydrogen (secondary N) is 2.